The van der Waals surface area contributed by atoms with Crippen molar-refractivity contribution in [1.82, 2.24) is 4.90 Å². The second-order valence-electron chi connectivity index (χ2n) is 5.85. The van der Waals surface area contributed by atoms with Gasteiger partial charge in [0.05, 0.1) is 0 Å². The number of aliphatic hydroxyl groups excluding tert-OH is 1. The number of hydrogen-bond donors (Lipinski definition) is 1. The highest BCUT2D eigenvalue weighted by Crippen LogP contribution is 2.44. The number of fused-ring (bicyclic) bond motifs is 1. The van der Waals surface area contributed by atoms with Crippen LogP contribution in [0.3, 0.4) is 0 Å². The van der Waals surface area contributed by atoms with Crippen LogP contribution in [0.25, 0.3) is 0 Å². The quantitative estimate of drug-likeness (QED) is 0.929. The molecule has 2 aliphatic rings. The maximum absolute atomic E-state index is 12.4. The summed E-state index contributed by atoms with van der Waals surface area (Å²) in [5.41, 5.74) is 2.35. The van der Waals surface area contributed by atoms with E-state index < -0.39 is 0 Å². The monoisotopic (exact) mass is 323 g/mol. The molecule has 1 aromatic carbocycles. The maximum atomic E-state index is 12.4. The van der Waals surface area contributed by atoms with Crippen LogP contribution in [0.5, 0.6) is 0 Å². The summed E-state index contributed by atoms with van der Waals surface area (Å²) < 4.78 is 1.06. The van der Waals surface area contributed by atoms with Crippen LogP contribution < -0.4 is 0 Å². The van der Waals surface area contributed by atoms with Gasteiger partial charge in [0.1, 0.15) is 0 Å². The first-order valence-electron chi connectivity index (χ1n) is 6.78. The molecule has 0 radical (unpaired) electrons. The molecule has 1 N–H and O–H groups in total. The third-order valence-corrected chi connectivity index (χ3v) is 5.01. The van der Waals surface area contributed by atoms with Crippen molar-refractivity contribution in [1.29, 1.82) is 0 Å². The summed E-state index contributed by atoms with van der Waals surface area (Å²) in [7, 11) is 0. The first kappa shape index (κ1) is 13.1. The van der Waals surface area contributed by atoms with Gasteiger partial charge in [-0.2, -0.15) is 0 Å². The molecule has 3 nitrogen and oxygen atoms in total. The Labute approximate surface area is 121 Å². The minimum atomic E-state index is -0.119. The SMILES string of the molecule is O=C(CC1(CO)CCC1)N1Cc2ccc(Br)cc2C1. The average Bonchev–Trinajstić information content (AvgIpc) is 2.76. The van der Waals surface area contributed by atoms with E-state index in [1.165, 1.54) is 11.1 Å². The molecule has 4 heteroatoms. The Balaban J connectivity index is 1.67. The number of halogens is 1. The average molecular weight is 324 g/mol. The number of nitrogens with zero attached hydrogens (tertiary/aromatic N) is 1. The smallest absolute Gasteiger partial charge is 0.223 e. The summed E-state index contributed by atoms with van der Waals surface area (Å²) in [6.45, 7) is 1.56. The molecule has 1 fully saturated rings. The Kier molecular flexibility index (Phi) is 3.39. The standard InChI is InChI=1S/C15H18BrNO2/c16-13-3-2-11-8-17(9-12(11)6-13)14(19)7-15(10-18)4-1-5-15/h2-3,6,18H,1,4-5,7-10H2. The van der Waals surface area contributed by atoms with Gasteiger partial charge in [-0.25, -0.2) is 0 Å². The largest absolute Gasteiger partial charge is 0.396 e. The van der Waals surface area contributed by atoms with Gasteiger partial charge in [-0.05, 0) is 36.1 Å². The van der Waals surface area contributed by atoms with Crippen LogP contribution in [-0.2, 0) is 17.9 Å². The van der Waals surface area contributed by atoms with E-state index in [0.717, 1.165) is 23.7 Å². The minimum Gasteiger partial charge on any atom is -0.396 e. The van der Waals surface area contributed by atoms with Crippen LogP contribution in [0.4, 0.5) is 0 Å². The topological polar surface area (TPSA) is 40.5 Å². The van der Waals surface area contributed by atoms with Crippen molar-refractivity contribution in [3.63, 3.8) is 0 Å². The minimum absolute atomic E-state index is 0.119. The van der Waals surface area contributed by atoms with Crippen LogP contribution in [0.1, 0.15) is 36.8 Å². The highest BCUT2D eigenvalue weighted by atomic mass is 79.9. The van der Waals surface area contributed by atoms with Crippen LogP contribution >= 0.6 is 15.9 Å². The second kappa shape index (κ2) is 4.91. The number of amides is 1. The van der Waals surface area contributed by atoms with Crippen molar-refractivity contribution in [2.45, 2.75) is 38.8 Å². The molecule has 0 atom stereocenters. The Morgan fingerprint density at radius 3 is 2.68 bits per heavy atom. The molecular weight excluding hydrogens is 306 g/mol. The number of hydrogen-bond acceptors (Lipinski definition) is 2. The van der Waals surface area contributed by atoms with Crippen molar-refractivity contribution < 1.29 is 9.90 Å². The van der Waals surface area contributed by atoms with Gasteiger partial charge >= 0.3 is 0 Å². The Morgan fingerprint density at radius 1 is 1.32 bits per heavy atom. The van der Waals surface area contributed by atoms with Crippen LogP contribution in [0, 0.1) is 5.41 Å². The summed E-state index contributed by atoms with van der Waals surface area (Å²) in [5, 5.41) is 9.46. The van der Waals surface area contributed by atoms with E-state index in [-0.39, 0.29) is 17.9 Å². The Bertz CT molecular complexity index is 505. The summed E-state index contributed by atoms with van der Waals surface area (Å²) in [4.78, 5) is 14.3. The molecule has 0 unspecified atom stereocenters. The van der Waals surface area contributed by atoms with Crippen molar-refractivity contribution in [3.8, 4) is 0 Å². The molecule has 1 heterocycles. The lowest BCUT2D eigenvalue weighted by molar-refractivity contribution is -0.137. The van der Waals surface area contributed by atoms with Gasteiger partial charge in [0, 0.05) is 36.0 Å². The van der Waals surface area contributed by atoms with Crippen molar-refractivity contribution in [2.75, 3.05) is 6.61 Å². The predicted molar refractivity (Wildman–Crippen MR) is 76.4 cm³/mol. The number of rotatable bonds is 3. The molecule has 3 rings (SSSR count). The molecule has 0 spiro atoms. The van der Waals surface area contributed by atoms with E-state index in [9.17, 15) is 9.90 Å². The van der Waals surface area contributed by atoms with E-state index in [0.29, 0.717) is 19.5 Å². The van der Waals surface area contributed by atoms with E-state index >= 15 is 0 Å². The van der Waals surface area contributed by atoms with Crippen LogP contribution in [0.15, 0.2) is 22.7 Å². The van der Waals surface area contributed by atoms with Gasteiger partial charge in [-0.1, -0.05) is 28.4 Å². The second-order valence-corrected chi connectivity index (χ2v) is 6.77. The highest BCUT2D eigenvalue weighted by molar-refractivity contribution is 9.10. The zero-order valence-electron chi connectivity index (χ0n) is 10.9. The van der Waals surface area contributed by atoms with Gasteiger partial charge in [0.15, 0.2) is 0 Å². The van der Waals surface area contributed by atoms with Gasteiger partial charge < -0.3 is 10.0 Å². The Hall–Kier alpha value is -0.870. The van der Waals surface area contributed by atoms with E-state index in [4.69, 9.17) is 0 Å². The number of carbonyl (C=O) groups excluding carboxylic acids is 1. The normalized spacial score (nSPS) is 20.0. The number of benzene rings is 1. The molecular formula is C15H18BrNO2. The number of carbonyl (C=O) groups is 1. The first-order chi connectivity index (χ1) is 9.12. The zero-order chi connectivity index (χ0) is 13.5. The molecule has 1 aromatic rings. The molecule has 0 saturated heterocycles. The summed E-state index contributed by atoms with van der Waals surface area (Å²) in [5.74, 6) is 0.182. The fourth-order valence-corrected chi connectivity index (χ4v) is 3.45. The lowest BCUT2D eigenvalue weighted by atomic mass is 9.67. The van der Waals surface area contributed by atoms with Gasteiger partial charge in [0.2, 0.25) is 5.91 Å². The van der Waals surface area contributed by atoms with E-state index in [2.05, 4.69) is 28.1 Å². The highest BCUT2D eigenvalue weighted by Gasteiger charge is 2.40. The van der Waals surface area contributed by atoms with E-state index in [1.54, 1.807) is 0 Å². The summed E-state index contributed by atoms with van der Waals surface area (Å²) in [6.07, 6.45) is 3.61. The maximum Gasteiger partial charge on any atom is 0.223 e. The number of aliphatic hydroxyl groups is 1. The predicted octanol–water partition coefficient (Wildman–Crippen LogP) is 2.84. The fourth-order valence-electron chi connectivity index (χ4n) is 3.04. The lowest BCUT2D eigenvalue weighted by Gasteiger charge is -2.40. The van der Waals surface area contributed by atoms with Crippen molar-refractivity contribution in [2.24, 2.45) is 5.41 Å². The molecule has 1 amide bonds. The molecule has 1 aliphatic heterocycles. The molecule has 0 bridgehead atoms. The van der Waals surface area contributed by atoms with Crippen molar-refractivity contribution >= 4 is 21.8 Å². The van der Waals surface area contributed by atoms with Crippen LogP contribution in [0.2, 0.25) is 0 Å². The van der Waals surface area contributed by atoms with Crippen LogP contribution in [-0.4, -0.2) is 22.5 Å². The summed E-state index contributed by atoms with van der Waals surface area (Å²) in [6, 6.07) is 6.19. The molecule has 1 saturated carbocycles. The molecule has 19 heavy (non-hydrogen) atoms. The third-order valence-electron chi connectivity index (χ3n) is 4.52. The van der Waals surface area contributed by atoms with Gasteiger partial charge in [-0.15, -0.1) is 0 Å². The summed E-state index contributed by atoms with van der Waals surface area (Å²) >= 11 is 3.47. The van der Waals surface area contributed by atoms with E-state index in [1.807, 2.05) is 11.0 Å². The van der Waals surface area contributed by atoms with Gasteiger partial charge in [0.25, 0.3) is 0 Å². The zero-order valence-corrected chi connectivity index (χ0v) is 12.4. The van der Waals surface area contributed by atoms with Gasteiger partial charge in [-0.3, -0.25) is 4.79 Å². The molecule has 0 aromatic heterocycles. The van der Waals surface area contributed by atoms with Crippen molar-refractivity contribution in [3.05, 3.63) is 33.8 Å². The Morgan fingerprint density at radius 2 is 2.05 bits per heavy atom. The fraction of sp³-hybridized carbons (Fsp3) is 0.533. The first-order valence-corrected chi connectivity index (χ1v) is 7.57. The third kappa shape index (κ3) is 2.43. The lowest BCUT2D eigenvalue weighted by Crippen LogP contribution is -2.39. The molecule has 1 aliphatic carbocycles. The molecule has 102 valence electrons.